The Bertz CT molecular complexity index is 2740. The number of H-pyrrole nitrogens is 1. The minimum absolute atomic E-state index is 0.185. The number of ether oxygens (including phenoxy) is 1. The molecule has 1 spiro atoms. The van der Waals surface area contributed by atoms with Gasteiger partial charge in [0.05, 0.1) is 5.41 Å². The van der Waals surface area contributed by atoms with Gasteiger partial charge in [-0.2, -0.15) is 0 Å². The fraction of sp³-hybridized carbons (Fsp3) is 0.0204. The molecule has 1 aliphatic heterocycles. The van der Waals surface area contributed by atoms with E-state index in [2.05, 4.69) is 126 Å². The maximum atomic E-state index is 9.23. The molecule has 4 heteroatoms. The van der Waals surface area contributed by atoms with Crippen molar-refractivity contribution < 1.29 is 4.74 Å². The zero-order valence-corrected chi connectivity index (χ0v) is 28.8. The van der Waals surface area contributed by atoms with Crippen LogP contribution in [-0.2, 0) is 5.41 Å². The zero-order chi connectivity index (χ0) is 35.4. The van der Waals surface area contributed by atoms with Crippen molar-refractivity contribution in [3.63, 3.8) is 0 Å². The van der Waals surface area contributed by atoms with Gasteiger partial charge in [-0.3, -0.25) is 5.41 Å². The van der Waals surface area contributed by atoms with Crippen molar-refractivity contribution in [3.8, 4) is 56.0 Å². The molecule has 250 valence electrons. The third-order valence-electron chi connectivity index (χ3n) is 10.7. The molecule has 8 aromatic rings. The molecule has 53 heavy (non-hydrogen) atoms. The average molecular weight is 680 g/mol. The van der Waals surface area contributed by atoms with E-state index in [1.54, 1.807) is 0 Å². The number of amidine groups is 1. The van der Waals surface area contributed by atoms with Gasteiger partial charge >= 0.3 is 0 Å². The van der Waals surface area contributed by atoms with E-state index in [0.717, 1.165) is 61.6 Å². The van der Waals surface area contributed by atoms with Gasteiger partial charge in [0.25, 0.3) is 0 Å². The number of para-hydroxylation sites is 2. The molecule has 1 aromatic heterocycles. The number of benzene rings is 7. The van der Waals surface area contributed by atoms with Crippen LogP contribution < -0.4 is 10.2 Å². The molecule has 0 saturated carbocycles. The molecule has 10 rings (SSSR count). The lowest BCUT2D eigenvalue weighted by Gasteiger charge is -2.39. The van der Waals surface area contributed by atoms with Gasteiger partial charge in [-0.15, -0.1) is 0 Å². The van der Waals surface area contributed by atoms with Crippen LogP contribution in [0.5, 0.6) is 11.5 Å². The van der Waals surface area contributed by atoms with E-state index in [0.29, 0.717) is 5.49 Å². The predicted octanol–water partition coefficient (Wildman–Crippen LogP) is 11.4. The lowest BCUT2D eigenvalue weighted by atomic mass is 9.66. The van der Waals surface area contributed by atoms with Gasteiger partial charge in [0.15, 0.2) is 5.84 Å². The Balaban J connectivity index is 1.10. The van der Waals surface area contributed by atoms with Gasteiger partial charge in [0, 0.05) is 28.5 Å². The van der Waals surface area contributed by atoms with E-state index in [9.17, 15) is 5.41 Å². The molecule has 0 radical (unpaired) electrons. The first-order chi connectivity index (χ1) is 26.2. The first-order valence-corrected chi connectivity index (χ1v) is 17.9. The van der Waals surface area contributed by atoms with Gasteiger partial charge in [0.1, 0.15) is 17.0 Å². The fourth-order valence-electron chi connectivity index (χ4n) is 8.27. The number of nitrogens with zero attached hydrogens (tertiary/aromatic N) is 1. The molecule has 2 aliphatic rings. The monoisotopic (exact) mass is 679 g/mol. The van der Waals surface area contributed by atoms with Crippen molar-refractivity contribution in [3.05, 3.63) is 221 Å². The van der Waals surface area contributed by atoms with Crippen LogP contribution in [0, 0.1) is 5.41 Å². The summed E-state index contributed by atoms with van der Waals surface area (Å²) in [6.45, 7) is 0. The lowest BCUT2D eigenvalue weighted by Crippen LogP contribution is -2.32. The highest BCUT2D eigenvalue weighted by atomic mass is 16.5. The van der Waals surface area contributed by atoms with E-state index in [1.807, 2.05) is 66.9 Å². The van der Waals surface area contributed by atoms with E-state index in [1.165, 1.54) is 22.3 Å². The number of hydrogen-bond donors (Lipinski definition) is 2. The average Bonchev–Trinajstić information content (AvgIpc) is 3.51. The topological polar surface area (TPSA) is 61.2 Å². The zero-order valence-electron chi connectivity index (χ0n) is 28.8. The summed E-state index contributed by atoms with van der Waals surface area (Å²) in [6, 6.07) is 63.3. The largest absolute Gasteiger partial charge is 0.457 e. The van der Waals surface area contributed by atoms with Gasteiger partial charge < -0.3 is 9.72 Å². The Morgan fingerprint density at radius 1 is 0.453 bits per heavy atom. The minimum atomic E-state index is -0.539. The SMILES string of the molecule is N=C(N=c1[nH]cc(-c2ccccc2)cc1-c1ccccc1)c1cccc(-c2ccc3c(c2)C2(c4ccccc4Oc4ccccc42)c2ccccc2-3)c1. The van der Waals surface area contributed by atoms with E-state index < -0.39 is 5.41 Å². The maximum Gasteiger partial charge on any atom is 0.154 e. The van der Waals surface area contributed by atoms with Crippen molar-refractivity contribution in [1.82, 2.24) is 4.98 Å². The van der Waals surface area contributed by atoms with Crippen molar-refractivity contribution in [2.45, 2.75) is 5.41 Å². The molecule has 0 amide bonds. The number of hydrogen-bond acceptors (Lipinski definition) is 2. The van der Waals surface area contributed by atoms with Gasteiger partial charge in [-0.1, -0.05) is 152 Å². The molecule has 0 bridgehead atoms. The molecule has 7 aromatic carbocycles. The highest BCUT2D eigenvalue weighted by Gasteiger charge is 2.51. The molecule has 1 aliphatic carbocycles. The summed E-state index contributed by atoms with van der Waals surface area (Å²) < 4.78 is 6.53. The number of nitrogens with one attached hydrogen (secondary N) is 2. The Kier molecular flexibility index (Phi) is 7.15. The van der Waals surface area contributed by atoms with Crippen LogP contribution in [0.2, 0.25) is 0 Å². The second kappa shape index (κ2) is 12.3. The van der Waals surface area contributed by atoms with Gasteiger partial charge in [0.2, 0.25) is 0 Å². The number of aromatic amines is 1. The van der Waals surface area contributed by atoms with Crippen LogP contribution in [0.3, 0.4) is 0 Å². The van der Waals surface area contributed by atoms with Crippen molar-refractivity contribution in [2.24, 2.45) is 4.99 Å². The predicted molar refractivity (Wildman–Crippen MR) is 213 cm³/mol. The fourth-order valence-corrected chi connectivity index (χ4v) is 8.27. The maximum absolute atomic E-state index is 9.23. The van der Waals surface area contributed by atoms with Crippen LogP contribution in [0.4, 0.5) is 0 Å². The molecule has 2 heterocycles. The van der Waals surface area contributed by atoms with Crippen LogP contribution in [0.25, 0.3) is 44.5 Å². The molecule has 4 nitrogen and oxygen atoms in total. The van der Waals surface area contributed by atoms with Crippen LogP contribution >= 0.6 is 0 Å². The second-order valence-corrected chi connectivity index (χ2v) is 13.6. The molecular formula is C49H33N3O. The number of rotatable bonds is 4. The van der Waals surface area contributed by atoms with Crippen molar-refractivity contribution >= 4 is 5.84 Å². The van der Waals surface area contributed by atoms with E-state index >= 15 is 0 Å². The first kappa shape index (κ1) is 30.8. The Morgan fingerprint density at radius 2 is 1.04 bits per heavy atom. The Labute approximate surface area is 307 Å². The highest BCUT2D eigenvalue weighted by Crippen LogP contribution is 2.62. The van der Waals surface area contributed by atoms with Crippen LogP contribution in [0.1, 0.15) is 27.8 Å². The Morgan fingerprint density at radius 3 is 1.77 bits per heavy atom. The van der Waals surface area contributed by atoms with E-state index in [-0.39, 0.29) is 5.84 Å². The summed E-state index contributed by atoms with van der Waals surface area (Å²) in [7, 11) is 0. The third-order valence-corrected chi connectivity index (χ3v) is 10.7. The third kappa shape index (κ3) is 4.91. The highest BCUT2D eigenvalue weighted by molar-refractivity contribution is 5.99. The second-order valence-electron chi connectivity index (χ2n) is 13.6. The summed E-state index contributed by atoms with van der Waals surface area (Å²) in [5.41, 5.74) is 14.3. The van der Waals surface area contributed by atoms with Gasteiger partial charge in [-0.25, -0.2) is 4.99 Å². The Hall–Kier alpha value is -7.04. The summed E-state index contributed by atoms with van der Waals surface area (Å²) in [5.74, 6) is 1.93. The molecule has 0 unspecified atom stereocenters. The molecular weight excluding hydrogens is 647 g/mol. The number of aromatic nitrogens is 1. The van der Waals surface area contributed by atoms with E-state index in [4.69, 9.17) is 9.73 Å². The summed E-state index contributed by atoms with van der Waals surface area (Å²) in [6.07, 6.45) is 1.97. The van der Waals surface area contributed by atoms with Crippen LogP contribution in [0.15, 0.2) is 193 Å². The smallest absolute Gasteiger partial charge is 0.154 e. The van der Waals surface area contributed by atoms with Crippen molar-refractivity contribution in [1.29, 1.82) is 5.41 Å². The van der Waals surface area contributed by atoms with Crippen molar-refractivity contribution in [2.75, 3.05) is 0 Å². The van der Waals surface area contributed by atoms with Crippen LogP contribution in [-0.4, -0.2) is 10.8 Å². The minimum Gasteiger partial charge on any atom is -0.457 e. The standard InChI is InChI=1S/C49H33N3O/c50-47(52-48-40(33-16-5-2-6-17-33)29-37(31-51-48)32-14-3-1-4-15-32)36-19-13-18-34(28-36)35-26-27-39-38-20-7-8-21-41(38)49(44(39)30-35)42-22-9-11-24-45(42)53-46-25-12-10-23-43(46)49/h1-31H,(H2,50,51,52). The summed E-state index contributed by atoms with van der Waals surface area (Å²) in [5, 5.41) is 9.23. The first-order valence-electron chi connectivity index (χ1n) is 17.9. The number of fused-ring (bicyclic) bond motifs is 9. The normalized spacial score (nSPS) is 13.4. The molecule has 0 saturated heterocycles. The lowest BCUT2D eigenvalue weighted by molar-refractivity contribution is 0.436. The quantitative estimate of drug-likeness (QED) is 0.141. The molecule has 0 fully saturated rings. The van der Waals surface area contributed by atoms with Gasteiger partial charge in [-0.05, 0) is 80.4 Å². The summed E-state index contributed by atoms with van der Waals surface area (Å²) >= 11 is 0. The number of pyridine rings is 1. The molecule has 0 atom stereocenters. The summed E-state index contributed by atoms with van der Waals surface area (Å²) in [4.78, 5) is 8.31. The molecule has 2 N–H and O–H groups in total.